The van der Waals surface area contributed by atoms with E-state index in [0.29, 0.717) is 43.5 Å². The normalized spacial score (nSPS) is 15.3. The summed E-state index contributed by atoms with van der Waals surface area (Å²) >= 11 is 1.03. The lowest BCUT2D eigenvalue weighted by molar-refractivity contribution is -0.678. The van der Waals surface area contributed by atoms with E-state index in [0.717, 1.165) is 56.7 Å². The summed E-state index contributed by atoms with van der Waals surface area (Å²) in [7, 11) is -4.21. The van der Waals surface area contributed by atoms with E-state index < -0.39 is 15.4 Å². The maximum atomic E-state index is 11.9. The average molecular weight is 730 g/mol. The van der Waals surface area contributed by atoms with E-state index >= 15 is 0 Å². The summed E-state index contributed by atoms with van der Waals surface area (Å²) in [5.41, 5.74) is 7.60. The fourth-order valence-corrected chi connectivity index (χ4v) is 6.74. The monoisotopic (exact) mass is 729 g/mol. The molecule has 1 aliphatic heterocycles. The van der Waals surface area contributed by atoms with Crippen LogP contribution in [0, 0.1) is 0 Å². The molecule has 266 valence electrons. The van der Waals surface area contributed by atoms with Crippen LogP contribution in [0.25, 0.3) is 39.4 Å². The maximum absolute atomic E-state index is 11.9. The van der Waals surface area contributed by atoms with Crippen LogP contribution in [0.15, 0.2) is 119 Å². The highest BCUT2D eigenvalue weighted by atomic mass is 32.2. The molecule has 2 heterocycles. The molecule has 6 rings (SSSR count). The molecule has 12 heteroatoms. The van der Waals surface area contributed by atoms with Crippen LogP contribution in [0.3, 0.4) is 0 Å². The summed E-state index contributed by atoms with van der Waals surface area (Å²) in [6, 6.07) is 32.3. The topological polar surface area (TPSA) is 123 Å². The van der Waals surface area contributed by atoms with E-state index in [1.807, 2.05) is 103 Å². The van der Waals surface area contributed by atoms with Crippen LogP contribution in [0.2, 0.25) is 0 Å². The molecular weight excluding hydrogens is 689 g/mol. The van der Waals surface area contributed by atoms with Crippen molar-refractivity contribution in [2.45, 2.75) is 57.1 Å². The molecule has 0 saturated heterocycles. The van der Waals surface area contributed by atoms with E-state index in [9.17, 15) is 13.0 Å². The van der Waals surface area contributed by atoms with E-state index in [4.69, 9.17) is 18.7 Å². The van der Waals surface area contributed by atoms with Gasteiger partial charge in [-0.3, -0.25) is 4.55 Å². The molecule has 2 atom stereocenters. The zero-order chi connectivity index (χ0) is 36.0. The first kappa shape index (κ1) is 36.4. The van der Waals surface area contributed by atoms with Gasteiger partial charge in [-0.1, -0.05) is 91.7 Å². The second kappa shape index (κ2) is 16.3. The number of benzene rings is 4. The highest BCUT2D eigenvalue weighted by molar-refractivity contribution is 7.95. The molecule has 0 spiro atoms. The molecule has 0 amide bonds. The molecule has 1 aromatic heterocycles. The molecule has 1 aliphatic rings. The number of hydrogen-bond acceptors (Lipinski definition) is 9. The Bertz CT molecular complexity index is 2130. The van der Waals surface area contributed by atoms with E-state index in [-0.39, 0.29) is 11.7 Å². The third-order valence-corrected chi connectivity index (χ3v) is 10.9. The lowest BCUT2D eigenvalue weighted by Crippen LogP contribution is -2.36. The smallest absolute Gasteiger partial charge is 0.374 e. The quantitative estimate of drug-likeness (QED) is 0.0355. The standard InChI is InChI=1S/C39H40N2O8S2/c1-4-29(23-38-40(21-19-27(2)50-49-48-42)34-25-32(15-17-36(34)46-38)30-11-7-5-8-12-30)24-39-41(22-20-28(3)51(43,44)45)35-26-33(16-18-37(35)47-39)31-13-9-6-10-14-31/h5-18,23-28H,4,19-22H2,1-3H3,(H-,42,43,44,45)/p+1. The van der Waals surface area contributed by atoms with Crippen LogP contribution in [-0.2, 0) is 26.0 Å². The van der Waals surface area contributed by atoms with Gasteiger partial charge in [0.1, 0.15) is 0 Å². The zero-order valence-electron chi connectivity index (χ0n) is 28.6. The van der Waals surface area contributed by atoms with Gasteiger partial charge in [0.15, 0.2) is 12.3 Å². The molecular formula is C39H41N2O8S2+. The van der Waals surface area contributed by atoms with Crippen molar-refractivity contribution in [3.05, 3.63) is 120 Å². The van der Waals surface area contributed by atoms with Gasteiger partial charge >= 0.3 is 5.89 Å². The highest BCUT2D eigenvalue weighted by Gasteiger charge is 2.30. The number of anilines is 1. The molecule has 0 bridgehead atoms. The van der Waals surface area contributed by atoms with Crippen LogP contribution >= 0.6 is 12.0 Å². The molecule has 0 aliphatic carbocycles. The first-order valence-corrected chi connectivity index (χ1v) is 19.1. The predicted molar refractivity (Wildman–Crippen MR) is 200 cm³/mol. The van der Waals surface area contributed by atoms with Crippen LogP contribution in [-0.4, -0.2) is 35.3 Å². The van der Waals surface area contributed by atoms with Crippen molar-refractivity contribution in [2.24, 2.45) is 0 Å². The van der Waals surface area contributed by atoms with E-state index in [2.05, 4.69) is 34.7 Å². The van der Waals surface area contributed by atoms with Gasteiger partial charge in [0.05, 0.1) is 17.0 Å². The second-order valence-corrected chi connectivity index (χ2v) is 15.4. The fourth-order valence-electron chi connectivity index (χ4n) is 5.97. The first-order valence-electron chi connectivity index (χ1n) is 16.8. The van der Waals surface area contributed by atoms with Gasteiger partial charge in [-0.2, -0.15) is 13.0 Å². The average Bonchev–Trinajstić information content (AvgIpc) is 3.67. The van der Waals surface area contributed by atoms with Crippen LogP contribution < -0.4 is 14.2 Å². The molecule has 5 aromatic rings. The highest BCUT2D eigenvalue weighted by Crippen LogP contribution is 2.42. The van der Waals surface area contributed by atoms with Crippen LogP contribution in [0.4, 0.5) is 5.69 Å². The maximum Gasteiger partial charge on any atom is 0.374 e. The Labute approximate surface area is 302 Å². The summed E-state index contributed by atoms with van der Waals surface area (Å²) in [6.07, 6.45) is 5.48. The zero-order valence-corrected chi connectivity index (χ0v) is 30.3. The van der Waals surface area contributed by atoms with Gasteiger partial charge in [-0.15, -0.1) is 4.33 Å². The van der Waals surface area contributed by atoms with Crippen molar-refractivity contribution in [1.29, 1.82) is 0 Å². The Kier molecular flexibility index (Phi) is 11.6. The van der Waals surface area contributed by atoms with Crippen LogP contribution in [0.5, 0.6) is 5.75 Å². The number of hydrogen-bond donors (Lipinski definition) is 2. The Morgan fingerprint density at radius 1 is 0.922 bits per heavy atom. The SMILES string of the molecule is CCC(=Cc1oc2ccc(-c3ccccc3)cc2[n+]1CCC(C)SOOO)/C=C1/Oc2ccc(-c3ccccc3)cc2N1CCC(C)S(=O)(=O)O. The summed E-state index contributed by atoms with van der Waals surface area (Å²) in [6.45, 7) is 6.43. The van der Waals surface area contributed by atoms with Crippen LogP contribution in [0.1, 0.15) is 45.9 Å². The molecule has 4 aromatic carbocycles. The lowest BCUT2D eigenvalue weighted by Gasteiger charge is -2.20. The summed E-state index contributed by atoms with van der Waals surface area (Å²) < 4.78 is 53.3. The van der Waals surface area contributed by atoms with Gasteiger partial charge in [0.2, 0.25) is 11.5 Å². The van der Waals surface area contributed by atoms with Crippen molar-refractivity contribution in [2.75, 3.05) is 11.4 Å². The van der Waals surface area contributed by atoms with Crippen molar-refractivity contribution in [1.82, 2.24) is 0 Å². The number of aryl methyl sites for hydroxylation is 1. The summed E-state index contributed by atoms with van der Waals surface area (Å²) in [5, 5.41) is 11.5. The van der Waals surface area contributed by atoms with Crippen molar-refractivity contribution < 1.29 is 41.3 Å². The predicted octanol–water partition coefficient (Wildman–Crippen LogP) is 9.10. The van der Waals surface area contributed by atoms with Gasteiger partial charge in [0.25, 0.3) is 15.6 Å². The largest absolute Gasteiger partial charge is 0.439 e. The van der Waals surface area contributed by atoms with Gasteiger partial charge in [-0.05, 0) is 65.8 Å². The molecule has 2 N–H and O–H groups in total. The molecule has 0 saturated carbocycles. The molecule has 0 radical (unpaired) electrons. The molecule has 51 heavy (non-hydrogen) atoms. The van der Waals surface area contributed by atoms with Gasteiger partial charge < -0.3 is 14.1 Å². The number of oxazole rings is 1. The first-order chi connectivity index (χ1) is 24.6. The Balaban J connectivity index is 1.39. The van der Waals surface area contributed by atoms with Gasteiger partial charge in [0, 0.05) is 42.4 Å². The number of allylic oxidation sites excluding steroid dienone is 2. The van der Waals surface area contributed by atoms with Crippen molar-refractivity contribution in [3.63, 3.8) is 0 Å². The summed E-state index contributed by atoms with van der Waals surface area (Å²) in [4.78, 5) is 1.97. The second-order valence-electron chi connectivity index (χ2n) is 12.5. The number of aromatic nitrogens is 1. The summed E-state index contributed by atoms with van der Waals surface area (Å²) in [5.74, 6) is 1.85. The Morgan fingerprint density at radius 3 is 2.24 bits per heavy atom. The van der Waals surface area contributed by atoms with Crippen molar-refractivity contribution in [3.8, 4) is 28.0 Å². The minimum absolute atomic E-state index is 0.00125. The molecule has 0 fully saturated rings. The third kappa shape index (κ3) is 8.73. The number of ether oxygens (including phenoxy) is 1. The van der Waals surface area contributed by atoms with Crippen molar-refractivity contribution >= 4 is 45.0 Å². The minimum atomic E-state index is -4.21. The van der Waals surface area contributed by atoms with E-state index in [1.54, 1.807) is 0 Å². The Morgan fingerprint density at radius 2 is 1.59 bits per heavy atom. The minimum Gasteiger partial charge on any atom is -0.439 e. The number of nitrogens with zero attached hydrogens (tertiary/aromatic N) is 2. The van der Waals surface area contributed by atoms with Gasteiger partial charge in [-0.25, -0.2) is 5.26 Å². The fraction of sp³-hybridized carbons (Fsp3) is 0.256. The number of rotatable bonds is 15. The lowest BCUT2D eigenvalue weighted by atomic mass is 10.0. The Hall–Kier alpha value is -4.43. The molecule has 2 unspecified atom stereocenters. The van der Waals surface area contributed by atoms with E-state index in [1.165, 1.54) is 6.92 Å². The number of fused-ring (bicyclic) bond motifs is 2. The molecule has 10 nitrogen and oxygen atoms in total. The third-order valence-electron chi connectivity index (χ3n) is 8.96.